The van der Waals surface area contributed by atoms with Crippen LogP contribution in [0.3, 0.4) is 0 Å². The van der Waals surface area contributed by atoms with Crippen LogP contribution < -0.4 is 0 Å². The van der Waals surface area contributed by atoms with Gasteiger partial charge >= 0.3 is 24.7 Å². The molecule has 2 aromatic carbocycles. The molecular formula is C34H37F12N3O. The molecule has 1 aliphatic carbocycles. The minimum absolute atomic E-state index is 0.0276. The van der Waals surface area contributed by atoms with Crippen LogP contribution >= 0.6 is 0 Å². The van der Waals surface area contributed by atoms with Gasteiger partial charge in [0.25, 0.3) is 0 Å². The van der Waals surface area contributed by atoms with E-state index in [1.807, 2.05) is 0 Å². The lowest BCUT2D eigenvalue weighted by Gasteiger charge is -2.42. The average molecular weight is 732 g/mol. The molecule has 2 aromatic rings. The van der Waals surface area contributed by atoms with Crippen LogP contribution in [0.2, 0.25) is 0 Å². The molecule has 2 aliphatic heterocycles. The molecule has 3 fully saturated rings. The van der Waals surface area contributed by atoms with Crippen LogP contribution in [0.5, 0.6) is 0 Å². The van der Waals surface area contributed by atoms with Crippen LogP contribution in [0.25, 0.3) is 0 Å². The van der Waals surface area contributed by atoms with Gasteiger partial charge in [0, 0.05) is 50.7 Å². The molecule has 0 unspecified atom stereocenters. The van der Waals surface area contributed by atoms with Crippen molar-refractivity contribution >= 4 is 5.91 Å². The highest BCUT2D eigenvalue weighted by atomic mass is 19.4. The molecule has 5 rings (SSSR count). The Labute approximate surface area is 281 Å². The summed E-state index contributed by atoms with van der Waals surface area (Å²) in [6.07, 6.45) is -15.9. The maximum Gasteiger partial charge on any atom is 0.417 e. The van der Waals surface area contributed by atoms with Crippen LogP contribution in [-0.2, 0) is 41.3 Å². The summed E-state index contributed by atoms with van der Waals surface area (Å²) in [6, 6.07) is 3.10. The van der Waals surface area contributed by atoms with Crippen LogP contribution in [-0.4, -0.2) is 72.5 Å². The van der Waals surface area contributed by atoms with Gasteiger partial charge in [0.05, 0.1) is 28.7 Å². The Morgan fingerprint density at radius 1 is 0.680 bits per heavy atom. The fraction of sp³-hybridized carbons (Fsp3) is 0.618. The summed E-state index contributed by atoms with van der Waals surface area (Å²) in [6.45, 7) is 2.84. The first-order chi connectivity index (χ1) is 23.2. The molecule has 0 bridgehead atoms. The average Bonchev–Trinajstić information content (AvgIpc) is 3.48. The third-order valence-electron chi connectivity index (χ3n) is 10.4. The van der Waals surface area contributed by atoms with Crippen LogP contribution in [0.4, 0.5) is 52.7 Å². The molecule has 4 nitrogen and oxygen atoms in total. The van der Waals surface area contributed by atoms with Crippen molar-refractivity contribution in [2.45, 2.75) is 87.5 Å². The van der Waals surface area contributed by atoms with Gasteiger partial charge in [-0.2, -0.15) is 52.7 Å². The number of amides is 1. The molecule has 16 heteroatoms. The molecule has 50 heavy (non-hydrogen) atoms. The number of piperazine rings is 1. The second-order valence-corrected chi connectivity index (χ2v) is 13.6. The number of rotatable bonds is 7. The van der Waals surface area contributed by atoms with E-state index in [0.717, 1.165) is 49.7 Å². The van der Waals surface area contributed by atoms with E-state index in [4.69, 9.17) is 0 Å². The Kier molecular flexibility index (Phi) is 10.8. The smallest absolute Gasteiger partial charge is 0.341 e. The van der Waals surface area contributed by atoms with Gasteiger partial charge in [-0.1, -0.05) is 25.3 Å². The van der Waals surface area contributed by atoms with Crippen molar-refractivity contribution in [3.8, 4) is 0 Å². The van der Waals surface area contributed by atoms with Gasteiger partial charge in [-0.15, -0.1) is 0 Å². The first-order valence-corrected chi connectivity index (χ1v) is 16.5. The molecule has 0 radical (unpaired) electrons. The summed E-state index contributed by atoms with van der Waals surface area (Å²) in [7, 11) is 0. The van der Waals surface area contributed by atoms with E-state index in [0.29, 0.717) is 49.9 Å². The van der Waals surface area contributed by atoms with Crippen molar-refractivity contribution in [1.82, 2.24) is 14.7 Å². The highest BCUT2D eigenvalue weighted by Crippen LogP contribution is 2.45. The van der Waals surface area contributed by atoms with Crippen molar-refractivity contribution in [1.29, 1.82) is 0 Å². The molecule has 3 aliphatic rings. The number of likely N-dealkylation sites (tertiary alicyclic amines) is 1. The summed E-state index contributed by atoms with van der Waals surface area (Å²) < 4.78 is 163. The topological polar surface area (TPSA) is 26.8 Å². The zero-order chi connectivity index (χ0) is 36.7. The Bertz CT molecular complexity index is 1470. The van der Waals surface area contributed by atoms with E-state index >= 15 is 0 Å². The number of nitrogens with zero attached hydrogens (tertiary/aromatic N) is 3. The number of carbonyl (C=O) groups excluding carboxylic acids is 1. The first kappa shape index (κ1) is 38.2. The van der Waals surface area contributed by atoms with Crippen molar-refractivity contribution in [3.05, 3.63) is 69.8 Å². The second kappa shape index (κ2) is 14.2. The normalized spacial score (nSPS) is 22.4. The summed E-state index contributed by atoms with van der Waals surface area (Å²) in [5, 5.41) is 0. The standard InChI is InChI=1S/C34H37F12N3O/c35-31(36,37)24-16-22(17-25(19-24)32(38,39)40)18-29(50)49-11-9-30(21-49,23-6-7-27(33(41,42)43)28(20-23)34(44,45)46)8-10-47-12-14-48(15-13-47)26-4-2-1-3-5-26/h6-7,16-17,19-20,26H,1-5,8-15,18,21H2/t30-/m1/s1. The maximum absolute atomic E-state index is 14.0. The fourth-order valence-corrected chi connectivity index (χ4v) is 7.60. The number of hydrogen-bond acceptors (Lipinski definition) is 3. The minimum Gasteiger partial charge on any atom is -0.341 e. The molecular weight excluding hydrogens is 694 g/mol. The van der Waals surface area contributed by atoms with Gasteiger partial charge in [-0.25, -0.2) is 0 Å². The third kappa shape index (κ3) is 8.88. The lowest BCUT2D eigenvalue weighted by atomic mass is 9.75. The highest BCUT2D eigenvalue weighted by molar-refractivity contribution is 5.79. The molecule has 1 atom stereocenters. The van der Waals surface area contributed by atoms with Crippen molar-refractivity contribution in [3.63, 3.8) is 0 Å². The number of hydrogen-bond donors (Lipinski definition) is 0. The maximum atomic E-state index is 14.0. The van der Waals surface area contributed by atoms with Crippen molar-refractivity contribution in [2.24, 2.45) is 0 Å². The molecule has 2 saturated heterocycles. The zero-order valence-electron chi connectivity index (χ0n) is 26.9. The summed E-state index contributed by atoms with van der Waals surface area (Å²) in [5.41, 5.74) is -8.83. The van der Waals surface area contributed by atoms with Gasteiger partial charge in [-0.05, 0) is 73.7 Å². The largest absolute Gasteiger partial charge is 0.417 e. The van der Waals surface area contributed by atoms with E-state index < -0.39 is 70.3 Å². The van der Waals surface area contributed by atoms with Crippen LogP contribution in [0.15, 0.2) is 36.4 Å². The van der Waals surface area contributed by atoms with Crippen LogP contribution in [0, 0.1) is 0 Å². The molecule has 1 amide bonds. The number of alkyl halides is 12. The molecule has 0 aromatic heterocycles. The molecule has 2 heterocycles. The van der Waals surface area contributed by atoms with Gasteiger partial charge in [0.15, 0.2) is 0 Å². The van der Waals surface area contributed by atoms with Crippen molar-refractivity contribution < 1.29 is 57.5 Å². The Hall–Kier alpha value is -3.01. The van der Waals surface area contributed by atoms with Gasteiger partial charge < -0.3 is 9.80 Å². The number of halogens is 12. The Morgan fingerprint density at radius 3 is 1.80 bits per heavy atom. The van der Waals surface area contributed by atoms with E-state index in [1.54, 1.807) is 0 Å². The zero-order valence-corrected chi connectivity index (χ0v) is 26.9. The molecule has 0 N–H and O–H groups in total. The fourth-order valence-electron chi connectivity index (χ4n) is 7.60. The van der Waals surface area contributed by atoms with Gasteiger partial charge in [0.1, 0.15) is 0 Å². The lowest BCUT2D eigenvalue weighted by Crippen LogP contribution is -2.51. The number of benzene rings is 2. The van der Waals surface area contributed by atoms with E-state index in [-0.39, 0.29) is 37.6 Å². The second-order valence-electron chi connectivity index (χ2n) is 13.6. The highest BCUT2D eigenvalue weighted by Gasteiger charge is 2.47. The summed E-state index contributed by atoms with van der Waals surface area (Å²) in [4.78, 5) is 19.1. The predicted molar refractivity (Wildman–Crippen MR) is 159 cm³/mol. The Morgan fingerprint density at radius 2 is 1.26 bits per heavy atom. The lowest BCUT2D eigenvalue weighted by molar-refractivity contribution is -0.162. The van der Waals surface area contributed by atoms with Gasteiger partial charge in [-0.3, -0.25) is 9.69 Å². The van der Waals surface area contributed by atoms with E-state index in [1.165, 1.54) is 6.42 Å². The monoisotopic (exact) mass is 731 g/mol. The van der Waals surface area contributed by atoms with Gasteiger partial charge in [0.2, 0.25) is 5.91 Å². The van der Waals surface area contributed by atoms with E-state index in [9.17, 15) is 57.5 Å². The number of carbonyl (C=O) groups is 1. The third-order valence-corrected chi connectivity index (χ3v) is 10.4. The molecule has 278 valence electrons. The quantitative estimate of drug-likeness (QED) is 0.267. The van der Waals surface area contributed by atoms with Crippen LogP contribution in [0.1, 0.15) is 78.3 Å². The van der Waals surface area contributed by atoms with E-state index in [2.05, 4.69) is 9.80 Å². The molecule has 0 spiro atoms. The SMILES string of the molecule is O=C(Cc1cc(C(F)(F)F)cc(C(F)(F)F)c1)N1CC[C@@](CCN2CCN(C3CCCCC3)CC2)(c2ccc(C(F)(F)F)c(C(F)(F)F)c2)C1. The first-order valence-electron chi connectivity index (χ1n) is 16.5. The summed E-state index contributed by atoms with van der Waals surface area (Å²) >= 11 is 0. The predicted octanol–water partition coefficient (Wildman–Crippen LogP) is 8.82. The Balaban J connectivity index is 1.40. The molecule has 1 saturated carbocycles. The van der Waals surface area contributed by atoms with Crippen molar-refractivity contribution in [2.75, 3.05) is 45.8 Å². The minimum atomic E-state index is -5.36. The summed E-state index contributed by atoms with van der Waals surface area (Å²) in [5.74, 6) is -0.858.